The van der Waals surface area contributed by atoms with Crippen molar-refractivity contribution in [3.05, 3.63) is 48.0 Å². The zero-order valence-corrected chi connectivity index (χ0v) is 15.0. The minimum atomic E-state index is -0.292. The van der Waals surface area contributed by atoms with Crippen LogP contribution in [-0.2, 0) is 9.59 Å². The summed E-state index contributed by atoms with van der Waals surface area (Å²) >= 11 is 0. The van der Waals surface area contributed by atoms with E-state index in [4.69, 9.17) is 0 Å². The molecule has 2 aliphatic rings. The standard InChI is InChI=1S/C20H20N4O3/c1-23-12-18(25)21-15-11-13(8-9-16(15)23)20(27)22-14-5-2-3-6-17(14)24-10-4-7-19(24)26/h2-3,5-6,8-9,11H,4,7,10,12H2,1H3,(H,21,25)(H,22,27). The highest BCUT2D eigenvalue weighted by Crippen LogP contribution is 2.32. The summed E-state index contributed by atoms with van der Waals surface area (Å²) in [6.45, 7) is 0.943. The number of likely N-dealkylation sites (N-methyl/N-ethyl adjacent to an activating group) is 1. The van der Waals surface area contributed by atoms with Gasteiger partial charge < -0.3 is 20.4 Å². The second-order valence-corrected chi connectivity index (χ2v) is 6.76. The van der Waals surface area contributed by atoms with E-state index in [2.05, 4.69) is 10.6 Å². The average Bonchev–Trinajstić information content (AvgIpc) is 3.07. The molecule has 0 aromatic heterocycles. The number of para-hydroxylation sites is 2. The SMILES string of the molecule is CN1CC(=O)Nc2cc(C(=O)Nc3ccccc3N3CCCC3=O)ccc21. The third-order valence-electron chi connectivity index (χ3n) is 4.84. The Kier molecular flexibility index (Phi) is 4.27. The van der Waals surface area contributed by atoms with Crippen LogP contribution in [0.15, 0.2) is 42.5 Å². The van der Waals surface area contributed by atoms with E-state index in [0.717, 1.165) is 12.1 Å². The van der Waals surface area contributed by atoms with Gasteiger partial charge in [0.15, 0.2) is 0 Å². The van der Waals surface area contributed by atoms with Gasteiger partial charge in [-0.1, -0.05) is 12.1 Å². The first-order valence-corrected chi connectivity index (χ1v) is 8.89. The molecule has 0 atom stereocenters. The molecule has 27 heavy (non-hydrogen) atoms. The van der Waals surface area contributed by atoms with E-state index in [-0.39, 0.29) is 24.3 Å². The van der Waals surface area contributed by atoms with Crippen molar-refractivity contribution in [2.45, 2.75) is 12.8 Å². The monoisotopic (exact) mass is 364 g/mol. The molecule has 2 aromatic rings. The van der Waals surface area contributed by atoms with Crippen LogP contribution in [0.3, 0.4) is 0 Å². The normalized spacial score (nSPS) is 16.2. The largest absolute Gasteiger partial charge is 0.364 e. The number of nitrogens with one attached hydrogen (secondary N) is 2. The maximum absolute atomic E-state index is 12.8. The van der Waals surface area contributed by atoms with Crippen LogP contribution in [0.4, 0.5) is 22.7 Å². The molecule has 0 saturated carbocycles. The molecule has 2 aromatic carbocycles. The van der Waals surface area contributed by atoms with Gasteiger partial charge in [-0.2, -0.15) is 0 Å². The van der Waals surface area contributed by atoms with Crippen LogP contribution >= 0.6 is 0 Å². The Balaban J connectivity index is 1.60. The van der Waals surface area contributed by atoms with Crippen LogP contribution in [0, 0.1) is 0 Å². The van der Waals surface area contributed by atoms with Crippen molar-refractivity contribution < 1.29 is 14.4 Å². The number of benzene rings is 2. The summed E-state index contributed by atoms with van der Waals surface area (Å²) in [5.41, 5.74) is 3.22. The predicted octanol–water partition coefficient (Wildman–Crippen LogP) is 2.45. The molecule has 138 valence electrons. The second-order valence-electron chi connectivity index (χ2n) is 6.76. The molecule has 0 spiro atoms. The molecule has 7 heteroatoms. The first-order valence-electron chi connectivity index (χ1n) is 8.89. The Morgan fingerprint density at radius 2 is 1.93 bits per heavy atom. The summed E-state index contributed by atoms with van der Waals surface area (Å²) in [7, 11) is 1.83. The van der Waals surface area contributed by atoms with Gasteiger partial charge >= 0.3 is 0 Å². The van der Waals surface area contributed by atoms with E-state index >= 15 is 0 Å². The van der Waals surface area contributed by atoms with Gasteiger partial charge in [0, 0.05) is 25.6 Å². The van der Waals surface area contributed by atoms with E-state index < -0.39 is 0 Å². The average molecular weight is 364 g/mol. The van der Waals surface area contributed by atoms with Crippen LogP contribution in [0.5, 0.6) is 0 Å². The third-order valence-corrected chi connectivity index (χ3v) is 4.84. The molecule has 2 heterocycles. The van der Waals surface area contributed by atoms with E-state index in [1.807, 2.05) is 36.2 Å². The quantitative estimate of drug-likeness (QED) is 0.877. The van der Waals surface area contributed by atoms with Crippen molar-refractivity contribution in [1.29, 1.82) is 0 Å². The minimum Gasteiger partial charge on any atom is -0.364 e. The van der Waals surface area contributed by atoms with Gasteiger partial charge in [0.25, 0.3) is 5.91 Å². The van der Waals surface area contributed by atoms with E-state index in [1.54, 1.807) is 23.1 Å². The summed E-state index contributed by atoms with van der Waals surface area (Å²) in [4.78, 5) is 40.1. The Morgan fingerprint density at radius 3 is 2.70 bits per heavy atom. The van der Waals surface area contributed by atoms with Crippen molar-refractivity contribution in [2.24, 2.45) is 0 Å². The topological polar surface area (TPSA) is 81.8 Å². The predicted molar refractivity (Wildman–Crippen MR) is 104 cm³/mol. The molecule has 2 aliphatic heterocycles. The van der Waals surface area contributed by atoms with Crippen molar-refractivity contribution in [3.63, 3.8) is 0 Å². The number of fused-ring (bicyclic) bond motifs is 1. The number of hydrogen-bond donors (Lipinski definition) is 2. The minimum absolute atomic E-state index is 0.0660. The highest BCUT2D eigenvalue weighted by molar-refractivity contribution is 6.10. The lowest BCUT2D eigenvalue weighted by molar-refractivity contribution is -0.117. The molecule has 0 bridgehead atoms. The van der Waals surface area contributed by atoms with Crippen molar-refractivity contribution in [1.82, 2.24) is 0 Å². The zero-order chi connectivity index (χ0) is 19.0. The fraction of sp³-hybridized carbons (Fsp3) is 0.250. The van der Waals surface area contributed by atoms with E-state index in [9.17, 15) is 14.4 Å². The fourth-order valence-electron chi connectivity index (χ4n) is 3.51. The molecule has 0 radical (unpaired) electrons. The van der Waals surface area contributed by atoms with Crippen LogP contribution in [0.2, 0.25) is 0 Å². The van der Waals surface area contributed by atoms with Gasteiger partial charge in [0.1, 0.15) is 0 Å². The Labute approximate surface area is 157 Å². The number of rotatable bonds is 3. The van der Waals surface area contributed by atoms with Gasteiger partial charge in [-0.15, -0.1) is 0 Å². The number of nitrogens with zero attached hydrogens (tertiary/aromatic N) is 2. The molecule has 7 nitrogen and oxygen atoms in total. The Hall–Kier alpha value is -3.35. The molecule has 1 saturated heterocycles. The van der Waals surface area contributed by atoms with Crippen LogP contribution in [-0.4, -0.2) is 37.9 Å². The number of hydrogen-bond acceptors (Lipinski definition) is 4. The number of carbonyl (C=O) groups excluding carboxylic acids is 3. The molecule has 0 aliphatic carbocycles. The Bertz CT molecular complexity index is 941. The maximum atomic E-state index is 12.8. The first kappa shape index (κ1) is 17.1. The fourth-order valence-corrected chi connectivity index (χ4v) is 3.51. The van der Waals surface area contributed by atoms with E-state index in [0.29, 0.717) is 35.6 Å². The van der Waals surface area contributed by atoms with Gasteiger partial charge in [0.05, 0.1) is 29.3 Å². The lowest BCUT2D eigenvalue weighted by Gasteiger charge is -2.27. The molecular formula is C20H20N4O3. The maximum Gasteiger partial charge on any atom is 0.255 e. The highest BCUT2D eigenvalue weighted by atomic mass is 16.2. The first-order chi connectivity index (χ1) is 13.0. The lowest BCUT2D eigenvalue weighted by atomic mass is 10.1. The summed E-state index contributed by atoms with van der Waals surface area (Å²) in [6.07, 6.45) is 1.35. The molecule has 2 N–H and O–H groups in total. The molecular weight excluding hydrogens is 344 g/mol. The van der Waals surface area contributed by atoms with Gasteiger partial charge in [-0.25, -0.2) is 0 Å². The van der Waals surface area contributed by atoms with Crippen LogP contribution < -0.4 is 20.4 Å². The van der Waals surface area contributed by atoms with Crippen molar-refractivity contribution >= 4 is 40.5 Å². The third kappa shape index (κ3) is 3.23. The highest BCUT2D eigenvalue weighted by Gasteiger charge is 2.25. The number of carbonyl (C=O) groups is 3. The smallest absolute Gasteiger partial charge is 0.255 e. The van der Waals surface area contributed by atoms with Gasteiger partial charge in [0.2, 0.25) is 11.8 Å². The van der Waals surface area contributed by atoms with Crippen molar-refractivity contribution in [2.75, 3.05) is 40.6 Å². The molecule has 4 rings (SSSR count). The zero-order valence-electron chi connectivity index (χ0n) is 15.0. The Morgan fingerprint density at radius 1 is 1.11 bits per heavy atom. The number of anilines is 4. The summed E-state index contributed by atoms with van der Waals surface area (Å²) in [5.74, 6) is -0.337. The number of amides is 3. The summed E-state index contributed by atoms with van der Waals surface area (Å²) in [6, 6.07) is 12.5. The van der Waals surface area contributed by atoms with Crippen LogP contribution in [0.1, 0.15) is 23.2 Å². The van der Waals surface area contributed by atoms with Crippen molar-refractivity contribution in [3.8, 4) is 0 Å². The van der Waals surface area contributed by atoms with Gasteiger partial charge in [-0.05, 0) is 36.8 Å². The van der Waals surface area contributed by atoms with Gasteiger partial charge in [-0.3, -0.25) is 14.4 Å². The summed E-state index contributed by atoms with van der Waals surface area (Å²) < 4.78 is 0. The lowest BCUT2D eigenvalue weighted by Crippen LogP contribution is -2.35. The second kappa shape index (κ2) is 6.75. The van der Waals surface area contributed by atoms with Crippen LogP contribution in [0.25, 0.3) is 0 Å². The molecule has 3 amide bonds. The molecule has 0 unspecified atom stereocenters. The molecule has 1 fully saturated rings. The summed E-state index contributed by atoms with van der Waals surface area (Å²) in [5, 5.41) is 5.69. The van der Waals surface area contributed by atoms with E-state index in [1.165, 1.54) is 0 Å².